The Kier molecular flexibility index (Phi) is 6.01. The van der Waals surface area contributed by atoms with E-state index >= 15 is 0 Å². The van der Waals surface area contributed by atoms with Crippen LogP contribution in [0.25, 0.3) is 11.8 Å². The Morgan fingerprint density at radius 2 is 1.97 bits per heavy atom. The van der Waals surface area contributed by atoms with Crippen LogP contribution in [0.1, 0.15) is 33.0 Å². The van der Waals surface area contributed by atoms with E-state index in [-0.39, 0.29) is 16.9 Å². The number of benzene rings is 2. The zero-order valence-electron chi connectivity index (χ0n) is 19.8. The molecular weight excluding hydrogens is 483 g/mol. The fourth-order valence-electron chi connectivity index (χ4n) is 3.77. The van der Waals surface area contributed by atoms with Gasteiger partial charge in [0.1, 0.15) is 18.8 Å². The molecule has 11 heteroatoms. The molecule has 0 saturated heterocycles. The van der Waals surface area contributed by atoms with Gasteiger partial charge in [-0.2, -0.15) is 23.4 Å². The number of halogens is 3. The lowest BCUT2D eigenvalue weighted by Crippen LogP contribution is -2.27. The largest absolute Gasteiger partial charge is 0.416 e. The molecule has 0 aliphatic carbocycles. The van der Waals surface area contributed by atoms with E-state index in [2.05, 4.69) is 27.1 Å². The number of aryl methyl sites for hydroxylation is 1. The maximum Gasteiger partial charge on any atom is 0.416 e. The second kappa shape index (κ2) is 9.31. The molecule has 0 saturated carbocycles. The predicted molar refractivity (Wildman–Crippen MR) is 130 cm³/mol. The van der Waals surface area contributed by atoms with Gasteiger partial charge in [0, 0.05) is 42.3 Å². The molecule has 0 atom stereocenters. The highest BCUT2D eigenvalue weighted by molar-refractivity contribution is 6.06. The number of anilines is 1. The van der Waals surface area contributed by atoms with Crippen LogP contribution in [0.15, 0.2) is 67.3 Å². The van der Waals surface area contributed by atoms with Crippen molar-refractivity contribution >= 4 is 17.7 Å². The maximum atomic E-state index is 13.6. The fourth-order valence-corrected chi connectivity index (χ4v) is 3.77. The Bertz CT molecular complexity index is 1570. The summed E-state index contributed by atoms with van der Waals surface area (Å²) < 4.78 is 43.9. The van der Waals surface area contributed by atoms with Gasteiger partial charge >= 0.3 is 6.18 Å². The van der Waals surface area contributed by atoms with E-state index < -0.39 is 17.6 Å². The second-order valence-electron chi connectivity index (χ2n) is 8.34. The predicted octanol–water partition coefficient (Wildman–Crippen LogP) is 4.32. The number of rotatable bonds is 3. The summed E-state index contributed by atoms with van der Waals surface area (Å²) in [6, 6.07) is 14.9. The van der Waals surface area contributed by atoms with Crippen molar-refractivity contribution in [3.63, 3.8) is 0 Å². The van der Waals surface area contributed by atoms with E-state index in [0.29, 0.717) is 18.1 Å². The molecule has 5 rings (SSSR count). The molecule has 4 aromatic rings. The number of hydrogen-bond acceptors (Lipinski definition) is 5. The molecule has 0 bridgehead atoms. The average molecular weight is 503 g/mol. The van der Waals surface area contributed by atoms with Crippen LogP contribution in [0.4, 0.5) is 18.9 Å². The molecule has 1 aliphatic rings. The van der Waals surface area contributed by atoms with Crippen molar-refractivity contribution in [3.05, 3.63) is 95.5 Å². The van der Waals surface area contributed by atoms with Crippen molar-refractivity contribution in [2.45, 2.75) is 19.8 Å². The molecule has 1 aliphatic heterocycles. The third-order valence-electron chi connectivity index (χ3n) is 5.71. The third-order valence-corrected chi connectivity index (χ3v) is 5.71. The summed E-state index contributed by atoms with van der Waals surface area (Å²) in [5.41, 5.74) is 1.15. The number of hydrogen-bond donors (Lipinski definition) is 0. The minimum atomic E-state index is -4.61. The number of fused-ring (bicyclic) bond motifs is 1. The number of aromatic nitrogens is 5. The topological polar surface area (TPSA) is 72.1 Å². The van der Waals surface area contributed by atoms with Crippen LogP contribution in [0.2, 0.25) is 0 Å². The average Bonchev–Trinajstić information content (AvgIpc) is 3.54. The summed E-state index contributed by atoms with van der Waals surface area (Å²) in [7, 11) is 1.42. The highest BCUT2D eigenvalue weighted by Gasteiger charge is 2.32. The number of nitrogens with zero attached hydrogens (tertiary/aromatic N) is 7. The Labute approximate surface area is 210 Å². The first-order valence-corrected chi connectivity index (χ1v) is 11.1. The number of alkyl halides is 3. The van der Waals surface area contributed by atoms with Crippen LogP contribution in [0.5, 0.6) is 0 Å². The first-order chi connectivity index (χ1) is 17.7. The van der Waals surface area contributed by atoms with Crippen LogP contribution in [-0.4, -0.2) is 42.4 Å². The SMILES string of the molecule is Cc1ncn(-c2cc(N(C)C(=O)c3cccc(C#CN4C=Cc5ccnn5C4)c3)cc(C(F)(F)F)c2)n1. The minimum absolute atomic E-state index is 0.0629. The van der Waals surface area contributed by atoms with E-state index in [1.165, 1.54) is 29.0 Å². The standard InChI is InChI=1S/C26H20F3N7O/c1-18-30-16-35(32-18)24-14-21(26(27,28)29)13-23(15-24)33(2)25(37)20-5-3-4-19(12-20)7-10-34-11-8-22-6-9-31-36(22)17-34/h3-6,8-9,11-16H,17H2,1-2H3. The maximum absolute atomic E-state index is 13.6. The molecule has 3 heterocycles. The second-order valence-corrected chi connectivity index (χ2v) is 8.34. The molecule has 2 aromatic heterocycles. The minimum Gasteiger partial charge on any atom is -0.311 e. The van der Waals surface area contributed by atoms with Gasteiger partial charge in [0.2, 0.25) is 0 Å². The highest BCUT2D eigenvalue weighted by atomic mass is 19.4. The molecule has 37 heavy (non-hydrogen) atoms. The molecular formula is C26H20F3N7O. The van der Waals surface area contributed by atoms with Gasteiger partial charge in [-0.05, 0) is 61.4 Å². The summed E-state index contributed by atoms with van der Waals surface area (Å²) >= 11 is 0. The van der Waals surface area contributed by atoms with Gasteiger partial charge in [-0.3, -0.25) is 9.69 Å². The van der Waals surface area contributed by atoms with Crippen molar-refractivity contribution < 1.29 is 18.0 Å². The first kappa shape index (κ1) is 23.9. The van der Waals surface area contributed by atoms with Crippen LogP contribution in [0, 0.1) is 18.9 Å². The monoisotopic (exact) mass is 503 g/mol. The molecule has 8 nitrogen and oxygen atoms in total. The quantitative estimate of drug-likeness (QED) is 0.390. The van der Waals surface area contributed by atoms with Crippen LogP contribution >= 0.6 is 0 Å². The van der Waals surface area contributed by atoms with E-state index in [0.717, 1.165) is 17.8 Å². The van der Waals surface area contributed by atoms with E-state index in [1.807, 2.05) is 18.3 Å². The molecule has 2 aromatic carbocycles. The van der Waals surface area contributed by atoms with E-state index in [4.69, 9.17) is 0 Å². The van der Waals surface area contributed by atoms with Crippen LogP contribution < -0.4 is 4.90 Å². The van der Waals surface area contributed by atoms with Crippen molar-refractivity contribution in [2.75, 3.05) is 11.9 Å². The number of amides is 1. The fraction of sp³-hybridized carbons (Fsp3) is 0.154. The molecule has 1 amide bonds. The summed E-state index contributed by atoms with van der Waals surface area (Å²) in [5.74, 6) is 2.94. The molecule has 0 N–H and O–H groups in total. The number of carbonyl (C=O) groups excluding carboxylic acids is 1. The number of carbonyl (C=O) groups is 1. The first-order valence-electron chi connectivity index (χ1n) is 11.1. The van der Waals surface area contributed by atoms with Crippen LogP contribution in [0.3, 0.4) is 0 Å². The lowest BCUT2D eigenvalue weighted by atomic mass is 10.1. The summed E-state index contributed by atoms with van der Waals surface area (Å²) in [6.07, 6.45) is 2.16. The van der Waals surface area contributed by atoms with Gasteiger partial charge in [0.25, 0.3) is 5.91 Å². The van der Waals surface area contributed by atoms with Crippen molar-refractivity contribution in [1.29, 1.82) is 0 Å². The zero-order valence-corrected chi connectivity index (χ0v) is 19.8. The van der Waals surface area contributed by atoms with Gasteiger partial charge in [0.05, 0.1) is 16.9 Å². The van der Waals surface area contributed by atoms with Gasteiger partial charge in [-0.1, -0.05) is 6.07 Å². The Morgan fingerprint density at radius 3 is 2.73 bits per heavy atom. The molecule has 186 valence electrons. The summed E-state index contributed by atoms with van der Waals surface area (Å²) in [4.78, 5) is 20.2. The molecule has 0 unspecified atom stereocenters. The van der Waals surface area contributed by atoms with E-state index in [9.17, 15) is 18.0 Å². The Hall–Kier alpha value is -4.85. The molecule has 0 fully saturated rings. The van der Waals surface area contributed by atoms with Gasteiger partial charge < -0.3 is 4.90 Å². The lowest BCUT2D eigenvalue weighted by molar-refractivity contribution is -0.137. The smallest absolute Gasteiger partial charge is 0.311 e. The third kappa shape index (κ3) is 5.08. The van der Waals surface area contributed by atoms with Crippen molar-refractivity contribution in [2.24, 2.45) is 0 Å². The zero-order chi connectivity index (χ0) is 26.2. The van der Waals surface area contributed by atoms with Crippen molar-refractivity contribution in [3.8, 4) is 17.7 Å². The summed E-state index contributed by atoms with van der Waals surface area (Å²) in [5, 5.41) is 8.31. The Morgan fingerprint density at radius 1 is 1.14 bits per heavy atom. The summed E-state index contributed by atoms with van der Waals surface area (Å²) in [6.45, 7) is 2.10. The lowest BCUT2D eigenvalue weighted by Gasteiger charge is -2.20. The van der Waals surface area contributed by atoms with Gasteiger partial charge in [-0.15, -0.1) is 0 Å². The van der Waals surface area contributed by atoms with Gasteiger partial charge in [-0.25, -0.2) is 14.3 Å². The molecule has 0 spiro atoms. The normalized spacial score (nSPS) is 12.6. The Balaban J connectivity index is 1.41. The van der Waals surface area contributed by atoms with Gasteiger partial charge in [0.15, 0.2) is 0 Å². The molecule has 0 radical (unpaired) electrons. The van der Waals surface area contributed by atoms with E-state index in [1.54, 1.807) is 47.0 Å². The van der Waals surface area contributed by atoms with Crippen LogP contribution in [-0.2, 0) is 12.8 Å². The van der Waals surface area contributed by atoms with Crippen molar-refractivity contribution in [1.82, 2.24) is 29.4 Å². The highest BCUT2D eigenvalue weighted by Crippen LogP contribution is 2.34.